The summed E-state index contributed by atoms with van der Waals surface area (Å²) in [6.07, 6.45) is 8.54. The van der Waals surface area contributed by atoms with Gasteiger partial charge in [0.15, 0.2) is 0 Å². The molecular formula is C21H26O2. The maximum absolute atomic E-state index is 5.87. The van der Waals surface area contributed by atoms with Gasteiger partial charge in [-0.2, -0.15) is 0 Å². The summed E-state index contributed by atoms with van der Waals surface area (Å²) >= 11 is 0. The fourth-order valence-corrected chi connectivity index (χ4v) is 4.96. The second kappa shape index (κ2) is 5.15. The SMILES string of the molecule is COc1c(C(C)C)ccc2c1CC[C@H]1c3cocc3CC[C@]21C. The van der Waals surface area contributed by atoms with Crippen molar-refractivity contribution >= 4 is 0 Å². The summed E-state index contributed by atoms with van der Waals surface area (Å²) in [5.41, 5.74) is 7.35. The highest BCUT2D eigenvalue weighted by atomic mass is 16.5. The summed E-state index contributed by atoms with van der Waals surface area (Å²) in [7, 11) is 1.82. The monoisotopic (exact) mass is 310 g/mol. The molecule has 0 saturated heterocycles. The fraction of sp³-hybridized carbons (Fsp3) is 0.524. The van der Waals surface area contributed by atoms with E-state index in [1.54, 1.807) is 0 Å². The van der Waals surface area contributed by atoms with Crippen LogP contribution in [-0.4, -0.2) is 7.11 Å². The summed E-state index contributed by atoms with van der Waals surface area (Å²) < 4.78 is 11.4. The number of benzene rings is 1. The third-order valence-corrected chi connectivity index (χ3v) is 6.25. The van der Waals surface area contributed by atoms with E-state index in [1.165, 1.54) is 40.7 Å². The van der Waals surface area contributed by atoms with Crippen LogP contribution in [0.4, 0.5) is 0 Å². The minimum atomic E-state index is 0.202. The van der Waals surface area contributed by atoms with E-state index in [0.717, 1.165) is 18.6 Å². The molecule has 0 bridgehead atoms. The van der Waals surface area contributed by atoms with Crippen LogP contribution < -0.4 is 4.74 Å². The van der Waals surface area contributed by atoms with Crippen LogP contribution in [-0.2, 0) is 18.3 Å². The Morgan fingerprint density at radius 2 is 2.04 bits per heavy atom. The summed E-state index contributed by atoms with van der Waals surface area (Å²) in [6.45, 7) is 6.94. The fourth-order valence-electron chi connectivity index (χ4n) is 4.96. The Kier molecular flexibility index (Phi) is 3.33. The van der Waals surface area contributed by atoms with E-state index >= 15 is 0 Å². The van der Waals surface area contributed by atoms with Gasteiger partial charge in [-0.05, 0) is 65.3 Å². The highest BCUT2D eigenvalue weighted by Crippen LogP contribution is 2.55. The topological polar surface area (TPSA) is 22.4 Å². The molecule has 0 saturated carbocycles. The molecule has 0 radical (unpaired) electrons. The van der Waals surface area contributed by atoms with E-state index in [2.05, 4.69) is 32.9 Å². The maximum atomic E-state index is 5.87. The molecule has 1 aromatic heterocycles. The minimum Gasteiger partial charge on any atom is -0.496 e. The number of fused-ring (bicyclic) bond motifs is 5. The summed E-state index contributed by atoms with van der Waals surface area (Å²) in [5.74, 6) is 2.20. The van der Waals surface area contributed by atoms with Crippen molar-refractivity contribution in [2.45, 2.75) is 63.7 Å². The predicted octanol–water partition coefficient (Wildman–Crippen LogP) is 5.35. The Morgan fingerprint density at radius 3 is 2.78 bits per heavy atom. The van der Waals surface area contributed by atoms with Crippen LogP contribution in [0.2, 0.25) is 0 Å². The molecule has 2 aliphatic rings. The van der Waals surface area contributed by atoms with Gasteiger partial charge in [-0.15, -0.1) is 0 Å². The van der Waals surface area contributed by atoms with Crippen molar-refractivity contribution in [1.82, 2.24) is 0 Å². The average molecular weight is 310 g/mol. The van der Waals surface area contributed by atoms with Crippen LogP contribution >= 0.6 is 0 Å². The second-order valence-electron chi connectivity index (χ2n) is 7.73. The van der Waals surface area contributed by atoms with Crippen molar-refractivity contribution in [2.75, 3.05) is 7.11 Å². The van der Waals surface area contributed by atoms with Gasteiger partial charge in [-0.25, -0.2) is 0 Å². The molecule has 122 valence electrons. The summed E-state index contributed by atoms with van der Waals surface area (Å²) in [4.78, 5) is 0. The number of ether oxygens (including phenoxy) is 1. The lowest BCUT2D eigenvalue weighted by atomic mass is 9.57. The molecule has 1 aromatic carbocycles. The van der Waals surface area contributed by atoms with Crippen LogP contribution in [0.25, 0.3) is 0 Å². The first-order valence-corrected chi connectivity index (χ1v) is 8.81. The first-order chi connectivity index (χ1) is 11.1. The Morgan fingerprint density at radius 1 is 1.22 bits per heavy atom. The van der Waals surface area contributed by atoms with Gasteiger partial charge in [0.05, 0.1) is 19.6 Å². The average Bonchev–Trinajstić information content (AvgIpc) is 3.01. The molecule has 2 heteroatoms. The minimum absolute atomic E-state index is 0.202. The first kappa shape index (κ1) is 14.9. The Hall–Kier alpha value is -1.70. The Bertz CT molecular complexity index is 740. The molecule has 2 nitrogen and oxygen atoms in total. The van der Waals surface area contributed by atoms with E-state index in [4.69, 9.17) is 9.15 Å². The zero-order valence-corrected chi connectivity index (χ0v) is 14.6. The van der Waals surface area contributed by atoms with Crippen molar-refractivity contribution in [3.8, 4) is 5.75 Å². The zero-order valence-electron chi connectivity index (χ0n) is 14.6. The molecule has 1 heterocycles. The smallest absolute Gasteiger partial charge is 0.125 e. The molecular weight excluding hydrogens is 284 g/mol. The molecule has 2 aromatic rings. The van der Waals surface area contributed by atoms with Gasteiger partial charge in [0.1, 0.15) is 5.75 Å². The summed E-state index contributed by atoms with van der Waals surface area (Å²) in [6, 6.07) is 4.67. The highest BCUT2D eigenvalue weighted by molar-refractivity contribution is 5.54. The molecule has 0 amide bonds. The number of furan rings is 1. The van der Waals surface area contributed by atoms with Gasteiger partial charge in [-0.1, -0.05) is 32.9 Å². The first-order valence-electron chi connectivity index (χ1n) is 8.81. The highest BCUT2D eigenvalue weighted by Gasteiger charge is 2.45. The van der Waals surface area contributed by atoms with Gasteiger partial charge in [0, 0.05) is 5.41 Å². The van der Waals surface area contributed by atoms with E-state index < -0.39 is 0 Å². The van der Waals surface area contributed by atoms with Gasteiger partial charge in [-0.3, -0.25) is 0 Å². The molecule has 0 spiro atoms. The molecule has 23 heavy (non-hydrogen) atoms. The lowest BCUT2D eigenvalue weighted by molar-refractivity contribution is 0.288. The Balaban J connectivity index is 1.88. The van der Waals surface area contributed by atoms with Crippen LogP contribution in [0.5, 0.6) is 5.75 Å². The zero-order chi connectivity index (χ0) is 16.2. The van der Waals surface area contributed by atoms with Crippen molar-refractivity contribution in [3.05, 3.63) is 52.5 Å². The number of hydrogen-bond acceptors (Lipinski definition) is 2. The predicted molar refractivity (Wildman–Crippen MR) is 92.5 cm³/mol. The number of methoxy groups -OCH3 is 1. The third kappa shape index (κ3) is 2.00. The maximum Gasteiger partial charge on any atom is 0.125 e. The molecule has 0 aliphatic heterocycles. The second-order valence-corrected chi connectivity index (χ2v) is 7.73. The number of hydrogen-bond donors (Lipinski definition) is 0. The van der Waals surface area contributed by atoms with E-state index in [9.17, 15) is 0 Å². The molecule has 0 fully saturated rings. The quantitative estimate of drug-likeness (QED) is 0.746. The molecule has 0 unspecified atom stereocenters. The van der Waals surface area contributed by atoms with Crippen LogP contribution in [0.3, 0.4) is 0 Å². The molecule has 0 N–H and O–H groups in total. The van der Waals surface area contributed by atoms with Crippen molar-refractivity contribution in [2.24, 2.45) is 0 Å². The summed E-state index contributed by atoms with van der Waals surface area (Å²) in [5, 5.41) is 0. The lowest BCUT2D eigenvalue weighted by Gasteiger charge is -2.46. The van der Waals surface area contributed by atoms with E-state index in [0.29, 0.717) is 11.8 Å². The van der Waals surface area contributed by atoms with Gasteiger partial charge in [0.2, 0.25) is 0 Å². The normalized spacial score (nSPS) is 25.7. The van der Waals surface area contributed by atoms with E-state index in [1.807, 2.05) is 19.6 Å². The van der Waals surface area contributed by atoms with Crippen LogP contribution in [0.1, 0.15) is 73.3 Å². The van der Waals surface area contributed by atoms with Crippen LogP contribution in [0, 0.1) is 0 Å². The molecule has 4 rings (SSSR count). The molecule has 2 atom stereocenters. The van der Waals surface area contributed by atoms with Crippen molar-refractivity contribution < 1.29 is 9.15 Å². The van der Waals surface area contributed by atoms with Gasteiger partial charge < -0.3 is 9.15 Å². The van der Waals surface area contributed by atoms with Crippen molar-refractivity contribution in [1.29, 1.82) is 0 Å². The van der Waals surface area contributed by atoms with Crippen LogP contribution in [0.15, 0.2) is 29.1 Å². The van der Waals surface area contributed by atoms with Gasteiger partial charge in [0.25, 0.3) is 0 Å². The standard InChI is InChI=1S/C21H26O2/c1-13(2)15-5-7-18-16(20(15)22-4)6-8-19-17-12-23-11-14(17)9-10-21(18,19)3/h5,7,11-13,19H,6,8-10H2,1-4H3/t19-,21+/m0/s1. The largest absolute Gasteiger partial charge is 0.496 e. The van der Waals surface area contributed by atoms with E-state index in [-0.39, 0.29) is 5.41 Å². The number of aryl methyl sites for hydroxylation is 1. The number of rotatable bonds is 2. The lowest BCUT2D eigenvalue weighted by Crippen LogP contribution is -2.39. The van der Waals surface area contributed by atoms with Gasteiger partial charge >= 0.3 is 0 Å². The third-order valence-electron chi connectivity index (χ3n) is 6.25. The molecule has 2 aliphatic carbocycles. The van der Waals surface area contributed by atoms with Crippen molar-refractivity contribution in [3.63, 3.8) is 0 Å². The Labute approximate surface area is 138 Å².